The van der Waals surface area contributed by atoms with Crippen LogP contribution in [-0.2, 0) is 21.0 Å². The molecule has 4 nitrogen and oxygen atoms in total. The number of carbonyl (C=O) groups excluding carboxylic acids is 1. The second-order valence-corrected chi connectivity index (χ2v) is 4.11. The van der Waals surface area contributed by atoms with Gasteiger partial charge in [-0.25, -0.2) is 0 Å². The highest BCUT2D eigenvalue weighted by molar-refractivity contribution is 5.75. The first-order valence-corrected chi connectivity index (χ1v) is 6.27. The molecule has 1 atom stereocenters. The summed E-state index contributed by atoms with van der Waals surface area (Å²) in [6.07, 6.45) is 2.72. The van der Waals surface area contributed by atoms with E-state index < -0.39 is 6.04 Å². The third kappa shape index (κ3) is 5.29. The topological polar surface area (TPSA) is 47.6 Å². The molecule has 1 N–H and O–H groups in total. The molecule has 1 rings (SSSR count). The van der Waals surface area contributed by atoms with Gasteiger partial charge in [0.05, 0.1) is 13.7 Å². The molecule has 0 radical (unpaired) electrons. The summed E-state index contributed by atoms with van der Waals surface area (Å²) >= 11 is 0. The van der Waals surface area contributed by atoms with Crippen LogP contribution in [0.25, 0.3) is 0 Å². The van der Waals surface area contributed by atoms with Gasteiger partial charge in [0.2, 0.25) is 0 Å². The predicted molar refractivity (Wildman–Crippen MR) is 69.7 cm³/mol. The van der Waals surface area contributed by atoms with Crippen molar-refractivity contribution in [1.82, 2.24) is 5.48 Å². The van der Waals surface area contributed by atoms with Crippen molar-refractivity contribution >= 4 is 5.97 Å². The molecular formula is C14H21NO3. The van der Waals surface area contributed by atoms with Crippen molar-refractivity contribution in [1.29, 1.82) is 0 Å². The van der Waals surface area contributed by atoms with Crippen LogP contribution in [0.1, 0.15) is 31.7 Å². The minimum atomic E-state index is -0.390. The zero-order valence-electron chi connectivity index (χ0n) is 11.0. The van der Waals surface area contributed by atoms with Crippen LogP contribution in [0.4, 0.5) is 0 Å². The van der Waals surface area contributed by atoms with Gasteiger partial charge in [0.1, 0.15) is 6.04 Å². The van der Waals surface area contributed by atoms with E-state index in [0.717, 1.165) is 24.8 Å². The maximum Gasteiger partial charge on any atom is 0.325 e. The molecule has 0 aliphatic heterocycles. The number of hydrogen-bond donors (Lipinski definition) is 1. The molecule has 0 bridgehead atoms. The molecule has 1 unspecified atom stereocenters. The highest BCUT2D eigenvalue weighted by Gasteiger charge is 2.18. The van der Waals surface area contributed by atoms with Gasteiger partial charge in [-0.15, -0.1) is 0 Å². The Hall–Kier alpha value is -1.39. The van der Waals surface area contributed by atoms with E-state index in [0.29, 0.717) is 6.61 Å². The third-order valence-electron chi connectivity index (χ3n) is 2.64. The Kier molecular flexibility index (Phi) is 7.06. The first kappa shape index (κ1) is 14.7. The first-order valence-electron chi connectivity index (χ1n) is 6.27. The lowest BCUT2D eigenvalue weighted by Gasteiger charge is -2.15. The van der Waals surface area contributed by atoms with Gasteiger partial charge >= 0.3 is 5.97 Å². The van der Waals surface area contributed by atoms with Crippen molar-refractivity contribution in [3.8, 4) is 0 Å². The number of carbonyl (C=O) groups is 1. The maximum atomic E-state index is 11.5. The van der Waals surface area contributed by atoms with Gasteiger partial charge in [-0.05, 0) is 12.0 Å². The molecule has 0 aliphatic carbocycles. The van der Waals surface area contributed by atoms with Crippen molar-refractivity contribution in [2.75, 3.05) is 7.11 Å². The van der Waals surface area contributed by atoms with E-state index in [4.69, 9.17) is 9.57 Å². The molecular weight excluding hydrogens is 230 g/mol. The smallest absolute Gasteiger partial charge is 0.325 e. The molecule has 18 heavy (non-hydrogen) atoms. The number of hydroxylamine groups is 1. The number of esters is 1. The average molecular weight is 251 g/mol. The summed E-state index contributed by atoms with van der Waals surface area (Å²) in [7, 11) is 1.39. The highest BCUT2D eigenvalue weighted by Crippen LogP contribution is 2.04. The minimum absolute atomic E-state index is 0.281. The van der Waals surface area contributed by atoms with Crippen LogP contribution in [0.5, 0.6) is 0 Å². The molecule has 0 aromatic heterocycles. The molecule has 0 aliphatic rings. The summed E-state index contributed by atoms with van der Waals surface area (Å²) < 4.78 is 4.73. The van der Waals surface area contributed by atoms with E-state index in [2.05, 4.69) is 12.4 Å². The summed E-state index contributed by atoms with van der Waals surface area (Å²) in [6.45, 7) is 2.51. The lowest BCUT2D eigenvalue weighted by atomic mass is 10.1. The van der Waals surface area contributed by atoms with E-state index in [9.17, 15) is 4.79 Å². The fraction of sp³-hybridized carbons (Fsp3) is 0.500. The normalized spacial score (nSPS) is 12.1. The molecule has 0 spiro atoms. The third-order valence-corrected chi connectivity index (χ3v) is 2.64. The summed E-state index contributed by atoms with van der Waals surface area (Å²) in [5.74, 6) is -0.281. The van der Waals surface area contributed by atoms with Gasteiger partial charge in [0.25, 0.3) is 0 Å². The number of nitrogens with one attached hydrogen (secondary N) is 1. The molecule has 4 heteroatoms. The fourth-order valence-corrected chi connectivity index (χ4v) is 1.58. The number of unbranched alkanes of at least 4 members (excludes halogenated alkanes) is 1. The Bertz CT molecular complexity index is 340. The summed E-state index contributed by atoms with van der Waals surface area (Å²) in [5, 5.41) is 0. The van der Waals surface area contributed by atoms with Gasteiger partial charge in [-0.2, -0.15) is 5.48 Å². The molecule has 0 heterocycles. The van der Waals surface area contributed by atoms with Crippen LogP contribution in [0, 0.1) is 0 Å². The Labute approximate surface area is 108 Å². The van der Waals surface area contributed by atoms with Gasteiger partial charge in [-0.3, -0.25) is 9.63 Å². The number of ether oxygens (including phenoxy) is 1. The molecule has 1 aromatic rings. The molecule has 0 fully saturated rings. The Balaban J connectivity index is 2.35. The van der Waals surface area contributed by atoms with Crippen molar-refractivity contribution in [2.24, 2.45) is 0 Å². The fourth-order valence-electron chi connectivity index (χ4n) is 1.58. The lowest BCUT2D eigenvalue weighted by Crippen LogP contribution is -2.37. The minimum Gasteiger partial charge on any atom is -0.468 e. The second-order valence-electron chi connectivity index (χ2n) is 4.11. The lowest BCUT2D eigenvalue weighted by molar-refractivity contribution is -0.148. The van der Waals surface area contributed by atoms with Gasteiger partial charge in [-0.1, -0.05) is 50.1 Å². The van der Waals surface area contributed by atoms with E-state index in [1.54, 1.807) is 0 Å². The summed E-state index contributed by atoms with van der Waals surface area (Å²) in [6, 6.07) is 9.41. The standard InChI is InChI=1S/C14H21NO3/c1-3-4-10-13(14(16)17-2)15-18-11-12-8-6-5-7-9-12/h5-9,13,15H,3-4,10-11H2,1-2H3. The first-order chi connectivity index (χ1) is 8.77. The van der Waals surface area contributed by atoms with Gasteiger partial charge < -0.3 is 4.74 Å². The largest absolute Gasteiger partial charge is 0.468 e. The van der Waals surface area contributed by atoms with E-state index in [-0.39, 0.29) is 5.97 Å². The van der Waals surface area contributed by atoms with Crippen LogP contribution in [0.15, 0.2) is 30.3 Å². The zero-order chi connectivity index (χ0) is 13.2. The highest BCUT2D eigenvalue weighted by atomic mass is 16.6. The summed E-state index contributed by atoms with van der Waals surface area (Å²) in [5.41, 5.74) is 3.84. The van der Waals surface area contributed by atoms with Crippen LogP contribution >= 0.6 is 0 Å². The van der Waals surface area contributed by atoms with Crippen molar-refractivity contribution in [3.05, 3.63) is 35.9 Å². The van der Waals surface area contributed by atoms with Gasteiger partial charge in [0, 0.05) is 0 Å². The van der Waals surface area contributed by atoms with Crippen molar-refractivity contribution in [3.63, 3.8) is 0 Å². The molecule has 0 amide bonds. The SMILES string of the molecule is CCCCC(NOCc1ccccc1)C(=O)OC. The Morgan fingerprint density at radius 2 is 2.06 bits per heavy atom. The number of hydrogen-bond acceptors (Lipinski definition) is 4. The van der Waals surface area contributed by atoms with E-state index >= 15 is 0 Å². The van der Waals surface area contributed by atoms with Gasteiger partial charge in [0.15, 0.2) is 0 Å². The van der Waals surface area contributed by atoms with Crippen LogP contribution in [0.3, 0.4) is 0 Å². The van der Waals surface area contributed by atoms with Crippen LogP contribution in [0.2, 0.25) is 0 Å². The Morgan fingerprint density at radius 3 is 2.67 bits per heavy atom. The van der Waals surface area contributed by atoms with Crippen molar-refractivity contribution in [2.45, 2.75) is 38.8 Å². The van der Waals surface area contributed by atoms with Crippen molar-refractivity contribution < 1.29 is 14.4 Å². The van der Waals surface area contributed by atoms with Crippen LogP contribution < -0.4 is 5.48 Å². The number of methoxy groups -OCH3 is 1. The van der Waals surface area contributed by atoms with Crippen LogP contribution in [-0.4, -0.2) is 19.1 Å². The molecule has 100 valence electrons. The Morgan fingerprint density at radius 1 is 1.33 bits per heavy atom. The predicted octanol–water partition coefficient (Wildman–Crippen LogP) is 2.44. The molecule has 0 saturated carbocycles. The zero-order valence-corrected chi connectivity index (χ0v) is 11.0. The van der Waals surface area contributed by atoms with E-state index in [1.165, 1.54) is 7.11 Å². The quantitative estimate of drug-likeness (QED) is 0.569. The summed E-state index contributed by atoms with van der Waals surface area (Å²) in [4.78, 5) is 16.8. The number of benzene rings is 1. The second kappa shape index (κ2) is 8.66. The monoisotopic (exact) mass is 251 g/mol. The average Bonchev–Trinajstić information content (AvgIpc) is 2.43. The molecule has 1 aromatic carbocycles. The number of rotatable bonds is 8. The molecule has 0 saturated heterocycles. The maximum absolute atomic E-state index is 11.5. The van der Waals surface area contributed by atoms with E-state index in [1.807, 2.05) is 30.3 Å².